The predicted octanol–water partition coefficient (Wildman–Crippen LogP) is 24.3. The molecule has 0 aromatic rings. The van der Waals surface area contributed by atoms with Gasteiger partial charge in [-0.2, -0.15) is 0 Å². The monoisotopic (exact) mass is 1150 g/mol. The van der Waals surface area contributed by atoms with Crippen molar-refractivity contribution in [3.63, 3.8) is 0 Å². The van der Waals surface area contributed by atoms with Gasteiger partial charge in [-0.25, -0.2) is 0 Å². The first-order valence-corrected chi connectivity index (χ1v) is 37.3. The summed E-state index contributed by atoms with van der Waals surface area (Å²) in [7, 11) is 0. The second-order valence-corrected chi connectivity index (χ2v) is 25.6. The normalized spacial score (nSPS) is 12.7. The summed E-state index contributed by atoms with van der Waals surface area (Å²) in [5.41, 5.74) is 0. The van der Waals surface area contributed by atoms with Crippen molar-refractivity contribution in [2.75, 3.05) is 13.2 Å². The maximum absolute atomic E-state index is 12.5. The molecular weight excluding hydrogens is 1010 g/mol. The van der Waals surface area contributed by atoms with Crippen LogP contribution in [-0.2, 0) is 14.3 Å². The fourth-order valence-corrected chi connectivity index (χ4v) is 11.7. The van der Waals surface area contributed by atoms with Crippen LogP contribution in [0.1, 0.15) is 412 Å². The van der Waals surface area contributed by atoms with Crippen LogP contribution in [0.25, 0.3) is 0 Å². The van der Waals surface area contributed by atoms with Crippen molar-refractivity contribution in [2.45, 2.75) is 424 Å². The van der Waals surface area contributed by atoms with Crippen molar-refractivity contribution in [3.8, 4) is 0 Å². The zero-order valence-electron chi connectivity index (χ0n) is 55.5. The number of aliphatic hydroxyl groups excluding tert-OH is 2. The summed E-state index contributed by atoms with van der Waals surface area (Å²) in [5, 5.41) is 23.3. The molecule has 0 spiro atoms. The first-order valence-electron chi connectivity index (χ1n) is 37.3. The van der Waals surface area contributed by atoms with Gasteiger partial charge in [-0.05, 0) is 83.5 Å². The predicted molar refractivity (Wildman–Crippen MR) is 361 cm³/mol. The summed E-state index contributed by atoms with van der Waals surface area (Å²) in [5.74, 6) is -0.0576. The molecule has 0 saturated carbocycles. The van der Waals surface area contributed by atoms with Crippen LogP contribution in [0.4, 0.5) is 0 Å². The zero-order valence-corrected chi connectivity index (χ0v) is 55.5. The molecule has 0 bridgehead atoms. The Morgan fingerprint density at radius 3 is 0.890 bits per heavy atom. The number of carbonyl (C=O) groups is 2. The number of rotatable bonds is 70. The second-order valence-electron chi connectivity index (χ2n) is 25.6. The minimum absolute atomic E-state index is 0.00586. The number of amides is 1. The van der Waals surface area contributed by atoms with E-state index >= 15 is 0 Å². The summed E-state index contributed by atoms with van der Waals surface area (Å²) in [6, 6.07) is -0.630. The summed E-state index contributed by atoms with van der Waals surface area (Å²) in [4.78, 5) is 24.6. The van der Waals surface area contributed by atoms with Gasteiger partial charge in [0.2, 0.25) is 5.91 Å². The van der Waals surface area contributed by atoms with E-state index in [2.05, 4.69) is 43.5 Å². The number of unbranched alkanes of at least 4 members (excludes halogenated alkanes) is 55. The van der Waals surface area contributed by atoms with Crippen LogP contribution < -0.4 is 5.32 Å². The lowest BCUT2D eigenvalue weighted by Crippen LogP contribution is -2.45. The van der Waals surface area contributed by atoms with Crippen molar-refractivity contribution < 1.29 is 24.5 Å². The Hall–Kier alpha value is -1.92. The maximum Gasteiger partial charge on any atom is 0.305 e. The fraction of sp³-hybridized carbons (Fsp3) is 0.895. The Labute approximate surface area is 513 Å². The minimum atomic E-state index is -0.846. The highest BCUT2D eigenvalue weighted by atomic mass is 16.5. The molecule has 0 radical (unpaired) electrons. The van der Waals surface area contributed by atoms with Crippen molar-refractivity contribution >= 4 is 11.9 Å². The van der Waals surface area contributed by atoms with Crippen LogP contribution in [0.5, 0.6) is 0 Å². The summed E-state index contributed by atoms with van der Waals surface area (Å²) in [6.07, 6.45) is 92.4. The number of carbonyl (C=O) groups excluding carboxylic acids is 2. The summed E-state index contributed by atoms with van der Waals surface area (Å²) < 4.78 is 5.47. The highest BCUT2D eigenvalue weighted by Crippen LogP contribution is 2.19. The molecule has 0 aliphatic carbocycles. The third kappa shape index (κ3) is 67.2. The number of nitrogens with one attached hydrogen (secondary N) is 1. The third-order valence-corrected chi connectivity index (χ3v) is 17.4. The van der Waals surface area contributed by atoms with E-state index in [9.17, 15) is 19.8 Å². The Bertz CT molecular complexity index is 1330. The molecule has 6 nitrogen and oxygen atoms in total. The standard InChI is InChI=1S/C76H145NO5/c1-3-5-7-9-11-13-15-17-18-19-20-21-22-27-30-33-36-39-42-45-48-52-56-60-64-68-74(79)73(72-78)77-75(80)69-65-61-57-53-49-46-43-40-37-34-31-28-25-23-24-26-29-32-35-38-41-44-47-51-55-59-63-67-71-82-76(81)70-66-62-58-54-50-16-14-12-10-8-6-4-2/h12,14,23-24,64,68,73-74,78-79H,3-11,13,15-22,25-63,65-67,69-72H2,1-2H3,(H,77,80)/b14-12-,24-23-,68-64+. The summed E-state index contributed by atoms with van der Waals surface area (Å²) >= 11 is 0. The van der Waals surface area contributed by atoms with E-state index < -0.39 is 12.1 Å². The van der Waals surface area contributed by atoms with Gasteiger partial charge >= 0.3 is 5.97 Å². The third-order valence-electron chi connectivity index (χ3n) is 17.4. The van der Waals surface area contributed by atoms with Crippen molar-refractivity contribution in [1.82, 2.24) is 5.32 Å². The molecule has 2 unspecified atom stereocenters. The Morgan fingerprint density at radius 2 is 0.573 bits per heavy atom. The van der Waals surface area contributed by atoms with Crippen molar-refractivity contribution in [3.05, 3.63) is 36.5 Å². The first-order chi connectivity index (χ1) is 40.5. The van der Waals surface area contributed by atoms with Gasteiger partial charge in [-0.3, -0.25) is 9.59 Å². The highest BCUT2D eigenvalue weighted by molar-refractivity contribution is 5.76. The summed E-state index contributed by atoms with van der Waals surface area (Å²) in [6.45, 7) is 4.92. The molecule has 0 aliphatic heterocycles. The van der Waals surface area contributed by atoms with Crippen LogP contribution in [0.15, 0.2) is 36.5 Å². The van der Waals surface area contributed by atoms with Crippen LogP contribution in [0.3, 0.4) is 0 Å². The number of ether oxygens (including phenoxy) is 1. The van der Waals surface area contributed by atoms with Gasteiger partial charge in [0.1, 0.15) is 0 Å². The molecule has 2 atom stereocenters. The van der Waals surface area contributed by atoms with E-state index in [4.69, 9.17) is 4.74 Å². The number of aliphatic hydroxyl groups is 2. The molecule has 0 rings (SSSR count). The quantitative estimate of drug-likeness (QED) is 0.0320. The van der Waals surface area contributed by atoms with Crippen LogP contribution in [0, 0.1) is 0 Å². The van der Waals surface area contributed by atoms with E-state index in [-0.39, 0.29) is 18.5 Å². The van der Waals surface area contributed by atoms with Gasteiger partial charge in [0.15, 0.2) is 0 Å². The molecule has 1 amide bonds. The molecule has 3 N–H and O–H groups in total. The van der Waals surface area contributed by atoms with Crippen molar-refractivity contribution in [1.29, 1.82) is 0 Å². The Kier molecular flexibility index (Phi) is 69.9. The van der Waals surface area contributed by atoms with Gasteiger partial charge < -0.3 is 20.3 Å². The first kappa shape index (κ1) is 80.1. The molecule has 82 heavy (non-hydrogen) atoms. The molecule has 0 fully saturated rings. The number of hydrogen-bond acceptors (Lipinski definition) is 5. The molecule has 0 aromatic heterocycles. The lowest BCUT2D eigenvalue weighted by atomic mass is 10.0. The average molecular weight is 1150 g/mol. The SMILES string of the molecule is CCCCC/C=C\CCCCCCCC(=O)OCCCCCCCCCCCCCC/C=C\CCCCCCCCCCCCCCC(=O)NC(CO)C(O)/C=C/CCCCCCCCCCCCCCCCCCCCCCCCC. The van der Waals surface area contributed by atoms with Crippen LogP contribution in [0.2, 0.25) is 0 Å². The fourth-order valence-electron chi connectivity index (χ4n) is 11.7. The van der Waals surface area contributed by atoms with Gasteiger partial charge in [0.25, 0.3) is 0 Å². The molecule has 484 valence electrons. The van der Waals surface area contributed by atoms with Gasteiger partial charge in [0.05, 0.1) is 25.4 Å². The Morgan fingerprint density at radius 1 is 0.329 bits per heavy atom. The molecule has 0 aromatic carbocycles. The van der Waals surface area contributed by atoms with E-state index in [1.807, 2.05) is 6.08 Å². The van der Waals surface area contributed by atoms with Gasteiger partial charge in [0, 0.05) is 12.8 Å². The number of esters is 1. The molecule has 6 heteroatoms. The average Bonchev–Trinajstić information content (AvgIpc) is 3.48. The largest absolute Gasteiger partial charge is 0.466 e. The zero-order chi connectivity index (χ0) is 59.2. The second kappa shape index (κ2) is 71.6. The van der Waals surface area contributed by atoms with E-state index in [0.29, 0.717) is 19.4 Å². The van der Waals surface area contributed by atoms with E-state index in [1.54, 1.807) is 6.08 Å². The molecule has 0 saturated heterocycles. The van der Waals surface area contributed by atoms with Gasteiger partial charge in [-0.1, -0.05) is 352 Å². The van der Waals surface area contributed by atoms with Gasteiger partial charge in [-0.15, -0.1) is 0 Å². The number of hydrogen-bond donors (Lipinski definition) is 3. The topological polar surface area (TPSA) is 95.9 Å². The maximum atomic E-state index is 12.5. The lowest BCUT2D eigenvalue weighted by Gasteiger charge is -2.20. The van der Waals surface area contributed by atoms with Crippen LogP contribution >= 0.6 is 0 Å². The molecular formula is C76H145NO5. The van der Waals surface area contributed by atoms with E-state index in [1.165, 1.54) is 340 Å². The minimum Gasteiger partial charge on any atom is -0.466 e. The smallest absolute Gasteiger partial charge is 0.305 e. The van der Waals surface area contributed by atoms with Crippen LogP contribution in [-0.4, -0.2) is 47.4 Å². The highest BCUT2D eigenvalue weighted by Gasteiger charge is 2.18. The van der Waals surface area contributed by atoms with Crippen molar-refractivity contribution in [2.24, 2.45) is 0 Å². The number of allylic oxidation sites excluding steroid dienone is 5. The molecule has 0 heterocycles. The van der Waals surface area contributed by atoms with E-state index in [0.717, 1.165) is 44.9 Å². The molecule has 0 aliphatic rings. The lowest BCUT2D eigenvalue weighted by molar-refractivity contribution is -0.143. The Balaban J connectivity index is 3.41.